The van der Waals surface area contributed by atoms with Gasteiger partial charge < -0.3 is 5.32 Å². The predicted octanol–water partition coefficient (Wildman–Crippen LogP) is 5.00. The van der Waals surface area contributed by atoms with E-state index in [0.29, 0.717) is 16.3 Å². The first-order valence-corrected chi connectivity index (χ1v) is 8.83. The molecule has 1 heterocycles. The second kappa shape index (κ2) is 7.26. The Morgan fingerprint density at radius 1 is 1.07 bits per heavy atom. The highest BCUT2D eigenvalue weighted by atomic mass is 35.5. The van der Waals surface area contributed by atoms with Gasteiger partial charge in [0.15, 0.2) is 0 Å². The van der Waals surface area contributed by atoms with Crippen molar-refractivity contribution >= 4 is 23.2 Å². The topological polar surface area (TPSA) is 81.6 Å². The largest absolute Gasteiger partial charge is 0.326 e. The van der Waals surface area contributed by atoms with E-state index < -0.39 is 5.56 Å². The molecular weight excluding hydrogens is 360 g/mol. The van der Waals surface area contributed by atoms with E-state index in [4.69, 9.17) is 11.6 Å². The van der Waals surface area contributed by atoms with Crippen molar-refractivity contribution in [3.8, 4) is 17.3 Å². The number of aromatic amines is 1. The predicted molar refractivity (Wildman–Crippen MR) is 108 cm³/mol. The molecule has 136 valence electrons. The Morgan fingerprint density at radius 2 is 1.70 bits per heavy atom. The fourth-order valence-electron chi connectivity index (χ4n) is 2.64. The highest BCUT2D eigenvalue weighted by molar-refractivity contribution is 6.30. The molecule has 0 aliphatic heterocycles. The van der Waals surface area contributed by atoms with Crippen LogP contribution < -0.4 is 10.9 Å². The van der Waals surface area contributed by atoms with Crippen molar-refractivity contribution in [2.75, 3.05) is 5.32 Å². The lowest BCUT2D eigenvalue weighted by Crippen LogP contribution is -2.16. The summed E-state index contributed by atoms with van der Waals surface area (Å²) < 4.78 is 0. The fourth-order valence-corrected chi connectivity index (χ4v) is 2.77. The molecule has 1 aromatic heterocycles. The van der Waals surface area contributed by atoms with Gasteiger partial charge in [-0.15, -0.1) is 0 Å². The zero-order valence-corrected chi connectivity index (χ0v) is 16.1. The summed E-state index contributed by atoms with van der Waals surface area (Å²) in [6.07, 6.45) is 0. The van der Waals surface area contributed by atoms with Crippen LogP contribution in [-0.4, -0.2) is 9.97 Å². The second-order valence-corrected chi connectivity index (χ2v) is 7.65. The molecule has 0 bridgehead atoms. The van der Waals surface area contributed by atoms with Crippen LogP contribution in [0.5, 0.6) is 0 Å². The number of H-pyrrole nitrogens is 1. The molecule has 6 heteroatoms. The molecule has 0 fully saturated rings. The van der Waals surface area contributed by atoms with Gasteiger partial charge in [-0.1, -0.05) is 56.6 Å². The first-order chi connectivity index (χ1) is 12.8. The summed E-state index contributed by atoms with van der Waals surface area (Å²) in [5.41, 5.74) is 2.46. The van der Waals surface area contributed by atoms with Crippen molar-refractivity contribution in [1.29, 1.82) is 5.26 Å². The van der Waals surface area contributed by atoms with Gasteiger partial charge >= 0.3 is 0 Å². The van der Waals surface area contributed by atoms with Gasteiger partial charge in [0.05, 0.1) is 5.69 Å². The lowest BCUT2D eigenvalue weighted by molar-refractivity contribution is 0.590. The van der Waals surface area contributed by atoms with Gasteiger partial charge in [-0.05, 0) is 35.2 Å². The van der Waals surface area contributed by atoms with Gasteiger partial charge in [0.2, 0.25) is 5.95 Å². The SMILES string of the molecule is CC(C)(C)c1ccc(-c2nc(Nc3ccc(Cl)cc3)[nH]c(=O)c2C#N)cc1. The maximum atomic E-state index is 12.4. The number of rotatable bonds is 3. The van der Waals surface area contributed by atoms with E-state index in [1.165, 1.54) is 0 Å². The Bertz CT molecular complexity index is 1060. The minimum Gasteiger partial charge on any atom is -0.326 e. The summed E-state index contributed by atoms with van der Waals surface area (Å²) in [7, 11) is 0. The molecule has 3 rings (SSSR count). The van der Waals surface area contributed by atoms with Crippen LogP contribution in [0, 0.1) is 11.3 Å². The van der Waals surface area contributed by atoms with Crippen LogP contribution in [0.25, 0.3) is 11.3 Å². The zero-order chi connectivity index (χ0) is 19.6. The summed E-state index contributed by atoms with van der Waals surface area (Å²) in [5.74, 6) is 0.260. The number of hydrogen-bond acceptors (Lipinski definition) is 4. The number of aromatic nitrogens is 2. The summed E-state index contributed by atoms with van der Waals surface area (Å²) in [5, 5.41) is 13.1. The van der Waals surface area contributed by atoms with Crippen LogP contribution in [0.15, 0.2) is 53.3 Å². The summed E-state index contributed by atoms with van der Waals surface area (Å²) in [4.78, 5) is 19.4. The first kappa shape index (κ1) is 18.7. The van der Waals surface area contributed by atoms with E-state index in [0.717, 1.165) is 11.3 Å². The van der Waals surface area contributed by atoms with E-state index >= 15 is 0 Å². The third-order valence-electron chi connectivity index (χ3n) is 4.16. The van der Waals surface area contributed by atoms with E-state index in [9.17, 15) is 10.1 Å². The minimum atomic E-state index is -0.487. The molecular formula is C21H19ClN4O. The second-order valence-electron chi connectivity index (χ2n) is 7.21. The van der Waals surface area contributed by atoms with Crippen LogP contribution in [0.2, 0.25) is 5.02 Å². The number of nitrogens with zero attached hydrogens (tertiary/aromatic N) is 2. The summed E-state index contributed by atoms with van der Waals surface area (Å²) in [6, 6.07) is 16.7. The van der Waals surface area contributed by atoms with Gasteiger partial charge in [-0.3, -0.25) is 9.78 Å². The molecule has 0 saturated heterocycles. The molecule has 0 unspecified atom stereocenters. The average Bonchev–Trinajstić information content (AvgIpc) is 2.62. The monoisotopic (exact) mass is 378 g/mol. The molecule has 0 aliphatic rings. The molecule has 3 aromatic rings. The average molecular weight is 379 g/mol. The van der Waals surface area contributed by atoms with Crippen LogP contribution in [0.3, 0.4) is 0 Å². The molecule has 27 heavy (non-hydrogen) atoms. The highest BCUT2D eigenvalue weighted by Gasteiger charge is 2.16. The Kier molecular flexibility index (Phi) is 5.02. The van der Waals surface area contributed by atoms with Gasteiger partial charge in [0.25, 0.3) is 5.56 Å². The van der Waals surface area contributed by atoms with Crippen LogP contribution >= 0.6 is 11.6 Å². The molecule has 0 spiro atoms. The van der Waals surface area contributed by atoms with E-state index in [2.05, 4.69) is 36.1 Å². The lowest BCUT2D eigenvalue weighted by atomic mass is 9.86. The Hall–Kier alpha value is -3.10. The van der Waals surface area contributed by atoms with Gasteiger partial charge in [0.1, 0.15) is 11.6 Å². The fraction of sp³-hybridized carbons (Fsp3) is 0.190. The molecule has 2 aromatic carbocycles. The number of halogens is 1. The molecule has 0 saturated carbocycles. The van der Waals surface area contributed by atoms with Crippen molar-refractivity contribution in [2.45, 2.75) is 26.2 Å². The van der Waals surface area contributed by atoms with Crippen molar-refractivity contribution in [1.82, 2.24) is 9.97 Å². The van der Waals surface area contributed by atoms with Crippen LogP contribution in [0.1, 0.15) is 31.9 Å². The zero-order valence-electron chi connectivity index (χ0n) is 15.3. The van der Waals surface area contributed by atoms with Crippen molar-refractivity contribution in [2.24, 2.45) is 0 Å². The molecule has 0 aliphatic carbocycles. The molecule has 2 N–H and O–H groups in total. The Labute approximate surface area is 162 Å². The Morgan fingerprint density at radius 3 is 2.26 bits per heavy atom. The van der Waals surface area contributed by atoms with E-state index in [-0.39, 0.29) is 16.9 Å². The van der Waals surface area contributed by atoms with Crippen molar-refractivity contribution in [3.05, 3.63) is 75.0 Å². The van der Waals surface area contributed by atoms with Gasteiger partial charge in [0, 0.05) is 16.3 Å². The third-order valence-corrected chi connectivity index (χ3v) is 4.41. The number of nitrogens with one attached hydrogen (secondary N) is 2. The summed E-state index contributed by atoms with van der Waals surface area (Å²) >= 11 is 5.89. The first-order valence-electron chi connectivity index (χ1n) is 8.46. The maximum absolute atomic E-state index is 12.4. The molecule has 0 amide bonds. The standard InChI is InChI=1S/C21H19ClN4O/c1-21(2,3)14-6-4-13(5-7-14)18-17(12-23)19(27)26-20(25-18)24-16-10-8-15(22)9-11-16/h4-11H,1-3H3,(H2,24,25,26,27). The quantitative estimate of drug-likeness (QED) is 0.671. The maximum Gasteiger partial charge on any atom is 0.270 e. The third kappa shape index (κ3) is 4.18. The minimum absolute atomic E-state index is 0.0134. The number of nitriles is 1. The molecule has 5 nitrogen and oxygen atoms in total. The number of hydrogen-bond donors (Lipinski definition) is 2. The van der Waals surface area contributed by atoms with Gasteiger partial charge in [-0.25, -0.2) is 4.98 Å². The van der Waals surface area contributed by atoms with Crippen molar-refractivity contribution in [3.63, 3.8) is 0 Å². The van der Waals surface area contributed by atoms with Crippen LogP contribution in [0.4, 0.5) is 11.6 Å². The van der Waals surface area contributed by atoms with Gasteiger partial charge in [-0.2, -0.15) is 5.26 Å². The highest BCUT2D eigenvalue weighted by Crippen LogP contribution is 2.27. The lowest BCUT2D eigenvalue weighted by Gasteiger charge is -2.19. The van der Waals surface area contributed by atoms with E-state index in [1.54, 1.807) is 24.3 Å². The normalized spacial score (nSPS) is 11.1. The number of anilines is 2. The van der Waals surface area contributed by atoms with Crippen LogP contribution in [-0.2, 0) is 5.41 Å². The van der Waals surface area contributed by atoms with E-state index in [1.807, 2.05) is 30.3 Å². The summed E-state index contributed by atoms with van der Waals surface area (Å²) in [6.45, 7) is 6.38. The molecule has 0 atom stereocenters. The number of benzene rings is 2. The van der Waals surface area contributed by atoms with Crippen molar-refractivity contribution < 1.29 is 0 Å². The molecule has 0 radical (unpaired) electrons. The smallest absolute Gasteiger partial charge is 0.270 e. The Balaban J connectivity index is 2.03.